The van der Waals surface area contributed by atoms with E-state index in [4.69, 9.17) is 4.74 Å². The lowest BCUT2D eigenvalue weighted by atomic mass is 9.84. The Hall–Kier alpha value is -0.560. The molecule has 2 unspecified atom stereocenters. The van der Waals surface area contributed by atoms with Crippen molar-refractivity contribution in [3.05, 3.63) is 0 Å². The van der Waals surface area contributed by atoms with Crippen LogP contribution in [0.3, 0.4) is 0 Å². The molecule has 1 saturated heterocycles. The van der Waals surface area contributed by atoms with E-state index in [2.05, 4.69) is 43.0 Å². The van der Waals surface area contributed by atoms with Gasteiger partial charge in [-0.3, -0.25) is 4.90 Å². The first-order chi connectivity index (χ1) is 8.69. The standard InChI is InChI=1S/C15H28N2O/c1-5-7-8-9-14(16-4)15(3,6-2)17-10-12-18-13-11-17/h14,16H,6,8-13H2,1-4H3. The summed E-state index contributed by atoms with van der Waals surface area (Å²) in [6.45, 7) is 10.4. The lowest BCUT2D eigenvalue weighted by Gasteiger charge is -2.47. The van der Waals surface area contributed by atoms with Crippen LogP contribution < -0.4 is 5.32 Å². The zero-order chi connectivity index (χ0) is 13.4. The summed E-state index contributed by atoms with van der Waals surface area (Å²) in [5.74, 6) is 6.16. The van der Waals surface area contributed by atoms with Gasteiger partial charge in [-0.05, 0) is 33.7 Å². The Morgan fingerprint density at radius 2 is 2.06 bits per heavy atom. The number of ether oxygens (including phenoxy) is 1. The predicted molar refractivity (Wildman–Crippen MR) is 76.6 cm³/mol. The van der Waals surface area contributed by atoms with Crippen molar-refractivity contribution in [1.82, 2.24) is 10.2 Å². The van der Waals surface area contributed by atoms with E-state index >= 15 is 0 Å². The Balaban J connectivity index is 2.70. The SMILES string of the molecule is CC#CCCC(NC)C(C)(CC)N1CCOCC1. The number of nitrogens with one attached hydrogen (secondary N) is 1. The maximum absolute atomic E-state index is 5.47. The summed E-state index contributed by atoms with van der Waals surface area (Å²) in [5, 5.41) is 3.50. The molecule has 0 aromatic rings. The van der Waals surface area contributed by atoms with Gasteiger partial charge >= 0.3 is 0 Å². The molecular formula is C15H28N2O. The van der Waals surface area contributed by atoms with Crippen molar-refractivity contribution in [2.75, 3.05) is 33.4 Å². The first-order valence-corrected chi connectivity index (χ1v) is 7.08. The highest BCUT2D eigenvalue weighted by atomic mass is 16.5. The van der Waals surface area contributed by atoms with Gasteiger partial charge in [-0.25, -0.2) is 0 Å². The lowest BCUT2D eigenvalue weighted by molar-refractivity contribution is -0.0322. The Kier molecular flexibility index (Phi) is 6.70. The van der Waals surface area contributed by atoms with Gasteiger partial charge in [0.2, 0.25) is 0 Å². The van der Waals surface area contributed by atoms with Gasteiger partial charge in [0.1, 0.15) is 0 Å². The summed E-state index contributed by atoms with van der Waals surface area (Å²) in [4.78, 5) is 2.58. The summed E-state index contributed by atoms with van der Waals surface area (Å²) >= 11 is 0. The van der Waals surface area contributed by atoms with Crippen LogP contribution in [0.25, 0.3) is 0 Å². The number of morpholine rings is 1. The summed E-state index contributed by atoms with van der Waals surface area (Å²) in [5.41, 5.74) is 0.202. The van der Waals surface area contributed by atoms with Crippen LogP contribution >= 0.6 is 0 Å². The summed E-state index contributed by atoms with van der Waals surface area (Å²) in [7, 11) is 2.07. The third-order valence-electron chi connectivity index (χ3n) is 4.28. The molecule has 3 nitrogen and oxygen atoms in total. The molecule has 3 heteroatoms. The smallest absolute Gasteiger partial charge is 0.0594 e. The molecule has 1 aliphatic rings. The topological polar surface area (TPSA) is 24.5 Å². The number of nitrogens with zero attached hydrogens (tertiary/aromatic N) is 1. The third kappa shape index (κ3) is 3.71. The van der Waals surface area contributed by atoms with Crippen LogP contribution in [-0.4, -0.2) is 49.8 Å². The van der Waals surface area contributed by atoms with E-state index in [1.807, 2.05) is 6.92 Å². The normalized spacial score (nSPS) is 21.8. The van der Waals surface area contributed by atoms with E-state index in [9.17, 15) is 0 Å². The maximum atomic E-state index is 5.47. The Morgan fingerprint density at radius 1 is 1.39 bits per heavy atom. The van der Waals surface area contributed by atoms with Gasteiger partial charge in [-0.15, -0.1) is 11.8 Å². The van der Waals surface area contributed by atoms with E-state index in [0.29, 0.717) is 6.04 Å². The first-order valence-electron chi connectivity index (χ1n) is 7.08. The van der Waals surface area contributed by atoms with Crippen molar-refractivity contribution < 1.29 is 4.74 Å². The number of likely N-dealkylation sites (N-methyl/N-ethyl adjacent to an activating group) is 1. The van der Waals surface area contributed by atoms with E-state index in [1.54, 1.807) is 0 Å². The zero-order valence-electron chi connectivity index (χ0n) is 12.4. The van der Waals surface area contributed by atoms with Crippen LogP contribution in [0.2, 0.25) is 0 Å². The van der Waals surface area contributed by atoms with Gasteiger partial charge in [-0.2, -0.15) is 0 Å². The molecule has 1 N–H and O–H groups in total. The fourth-order valence-electron chi connectivity index (χ4n) is 2.87. The molecule has 2 atom stereocenters. The van der Waals surface area contributed by atoms with Crippen LogP contribution in [-0.2, 0) is 4.74 Å². The molecule has 0 spiro atoms. The minimum atomic E-state index is 0.202. The van der Waals surface area contributed by atoms with Gasteiger partial charge < -0.3 is 10.1 Å². The van der Waals surface area contributed by atoms with E-state index in [1.165, 1.54) is 0 Å². The van der Waals surface area contributed by atoms with Gasteiger partial charge in [0, 0.05) is 31.1 Å². The average Bonchev–Trinajstić information content (AvgIpc) is 2.44. The molecular weight excluding hydrogens is 224 g/mol. The first kappa shape index (κ1) is 15.5. The molecule has 0 amide bonds. The number of hydrogen-bond acceptors (Lipinski definition) is 3. The highest BCUT2D eigenvalue weighted by molar-refractivity contribution is 5.01. The van der Waals surface area contributed by atoms with Crippen molar-refractivity contribution >= 4 is 0 Å². The molecule has 1 aliphatic heterocycles. The highest BCUT2D eigenvalue weighted by Crippen LogP contribution is 2.27. The van der Waals surface area contributed by atoms with Crippen LogP contribution in [0.1, 0.15) is 40.0 Å². The van der Waals surface area contributed by atoms with Crippen molar-refractivity contribution in [2.45, 2.75) is 51.6 Å². The van der Waals surface area contributed by atoms with Crippen LogP contribution in [0.4, 0.5) is 0 Å². The van der Waals surface area contributed by atoms with Gasteiger partial charge in [0.15, 0.2) is 0 Å². The van der Waals surface area contributed by atoms with Crippen molar-refractivity contribution in [3.8, 4) is 11.8 Å². The number of hydrogen-bond donors (Lipinski definition) is 1. The molecule has 0 aromatic heterocycles. The van der Waals surface area contributed by atoms with Crippen LogP contribution in [0.5, 0.6) is 0 Å². The largest absolute Gasteiger partial charge is 0.379 e. The fraction of sp³-hybridized carbons (Fsp3) is 0.867. The minimum Gasteiger partial charge on any atom is -0.379 e. The predicted octanol–water partition coefficient (Wildman–Crippen LogP) is 1.88. The van der Waals surface area contributed by atoms with Crippen LogP contribution in [0, 0.1) is 11.8 Å². The van der Waals surface area contributed by atoms with Crippen molar-refractivity contribution in [2.24, 2.45) is 0 Å². The second kappa shape index (κ2) is 7.78. The molecule has 0 saturated carbocycles. The second-order valence-corrected chi connectivity index (χ2v) is 5.12. The Labute approximate surface area is 112 Å². The Bertz CT molecular complexity index is 289. The zero-order valence-corrected chi connectivity index (χ0v) is 12.4. The summed E-state index contributed by atoms with van der Waals surface area (Å²) in [6, 6.07) is 0.487. The monoisotopic (exact) mass is 252 g/mol. The maximum Gasteiger partial charge on any atom is 0.0594 e. The van der Waals surface area contributed by atoms with E-state index < -0.39 is 0 Å². The molecule has 0 bridgehead atoms. The molecule has 0 radical (unpaired) electrons. The molecule has 1 rings (SSSR count). The summed E-state index contributed by atoms with van der Waals surface area (Å²) < 4.78 is 5.47. The highest BCUT2D eigenvalue weighted by Gasteiger charge is 2.37. The van der Waals surface area contributed by atoms with Gasteiger partial charge in [0.25, 0.3) is 0 Å². The molecule has 1 heterocycles. The fourth-order valence-corrected chi connectivity index (χ4v) is 2.87. The number of rotatable bonds is 6. The quantitative estimate of drug-likeness (QED) is 0.731. The van der Waals surface area contributed by atoms with Gasteiger partial charge in [-0.1, -0.05) is 6.92 Å². The third-order valence-corrected chi connectivity index (χ3v) is 4.28. The molecule has 18 heavy (non-hydrogen) atoms. The molecule has 104 valence electrons. The minimum absolute atomic E-state index is 0.202. The van der Waals surface area contributed by atoms with Crippen molar-refractivity contribution in [1.29, 1.82) is 0 Å². The molecule has 1 fully saturated rings. The van der Waals surface area contributed by atoms with Crippen molar-refractivity contribution in [3.63, 3.8) is 0 Å². The lowest BCUT2D eigenvalue weighted by Crippen LogP contribution is -2.61. The molecule has 0 aromatic carbocycles. The summed E-state index contributed by atoms with van der Waals surface area (Å²) in [6.07, 6.45) is 3.24. The average molecular weight is 252 g/mol. The van der Waals surface area contributed by atoms with E-state index in [0.717, 1.165) is 45.6 Å². The second-order valence-electron chi connectivity index (χ2n) is 5.12. The van der Waals surface area contributed by atoms with Crippen LogP contribution in [0.15, 0.2) is 0 Å². The Morgan fingerprint density at radius 3 is 2.56 bits per heavy atom. The van der Waals surface area contributed by atoms with E-state index in [-0.39, 0.29) is 5.54 Å². The van der Waals surface area contributed by atoms with Gasteiger partial charge in [0.05, 0.1) is 13.2 Å². The molecule has 0 aliphatic carbocycles.